The van der Waals surface area contributed by atoms with Gasteiger partial charge < -0.3 is 10.2 Å². The Morgan fingerprint density at radius 1 is 1.24 bits per heavy atom. The molecule has 17 heavy (non-hydrogen) atoms. The Kier molecular flexibility index (Phi) is 6.56. The van der Waals surface area contributed by atoms with Gasteiger partial charge in [-0.2, -0.15) is 0 Å². The van der Waals surface area contributed by atoms with Crippen LogP contribution >= 0.6 is 11.6 Å². The fourth-order valence-corrected chi connectivity index (χ4v) is 1.85. The Morgan fingerprint density at radius 2 is 1.88 bits per heavy atom. The predicted octanol–water partition coefficient (Wildman–Crippen LogP) is 3.16. The van der Waals surface area contributed by atoms with Gasteiger partial charge in [-0.3, -0.25) is 0 Å². The van der Waals surface area contributed by atoms with Gasteiger partial charge in [-0.25, -0.2) is 0 Å². The van der Waals surface area contributed by atoms with Crippen LogP contribution in [0.3, 0.4) is 0 Å². The van der Waals surface area contributed by atoms with Crippen LogP contribution in [-0.2, 0) is 6.54 Å². The topological polar surface area (TPSA) is 15.3 Å². The molecule has 2 nitrogen and oxygen atoms in total. The van der Waals surface area contributed by atoms with Crippen molar-refractivity contribution in [3.8, 4) is 0 Å². The summed E-state index contributed by atoms with van der Waals surface area (Å²) in [5, 5.41) is 4.23. The van der Waals surface area contributed by atoms with E-state index in [0.717, 1.165) is 24.7 Å². The SMILES string of the molecule is CC(C)NCCCN(C)Cc1ccc(Cl)cc1. The van der Waals surface area contributed by atoms with Gasteiger partial charge >= 0.3 is 0 Å². The third-order valence-corrected chi connectivity index (χ3v) is 2.89. The minimum absolute atomic E-state index is 0.580. The Labute approximate surface area is 110 Å². The normalized spacial score (nSPS) is 11.4. The van der Waals surface area contributed by atoms with Gasteiger partial charge in [0.05, 0.1) is 0 Å². The van der Waals surface area contributed by atoms with Crippen molar-refractivity contribution >= 4 is 11.6 Å². The molecule has 0 radical (unpaired) electrons. The first kappa shape index (κ1) is 14.5. The van der Waals surface area contributed by atoms with Crippen LogP contribution < -0.4 is 5.32 Å². The van der Waals surface area contributed by atoms with Crippen molar-refractivity contribution in [3.05, 3.63) is 34.9 Å². The highest BCUT2D eigenvalue weighted by Gasteiger charge is 2.00. The molecule has 0 fully saturated rings. The summed E-state index contributed by atoms with van der Waals surface area (Å²) in [5.41, 5.74) is 1.31. The molecular formula is C14H23ClN2. The third-order valence-electron chi connectivity index (χ3n) is 2.63. The molecular weight excluding hydrogens is 232 g/mol. The maximum atomic E-state index is 5.86. The Balaban J connectivity index is 2.20. The van der Waals surface area contributed by atoms with Crippen LogP contribution in [0.4, 0.5) is 0 Å². The van der Waals surface area contributed by atoms with Crippen molar-refractivity contribution in [3.63, 3.8) is 0 Å². The lowest BCUT2D eigenvalue weighted by Gasteiger charge is -2.17. The van der Waals surface area contributed by atoms with Crippen molar-refractivity contribution < 1.29 is 0 Å². The quantitative estimate of drug-likeness (QED) is 0.752. The smallest absolute Gasteiger partial charge is 0.0406 e. The van der Waals surface area contributed by atoms with E-state index in [1.807, 2.05) is 12.1 Å². The van der Waals surface area contributed by atoms with E-state index in [1.165, 1.54) is 12.0 Å². The Hall–Kier alpha value is -0.570. The maximum absolute atomic E-state index is 5.86. The zero-order valence-corrected chi connectivity index (χ0v) is 11.8. The first-order valence-corrected chi connectivity index (χ1v) is 6.62. The van der Waals surface area contributed by atoms with Gasteiger partial charge in [-0.15, -0.1) is 0 Å². The highest BCUT2D eigenvalue weighted by atomic mass is 35.5. The molecule has 1 rings (SSSR count). The molecule has 0 bridgehead atoms. The summed E-state index contributed by atoms with van der Waals surface area (Å²) in [5.74, 6) is 0. The zero-order valence-electron chi connectivity index (χ0n) is 11.0. The summed E-state index contributed by atoms with van der Waals surface area (Å²) in [6, 6.07) is 8.66. The maximum Gasteiger partial charge on any atom is 0.0406 e. The van der Waals surface area contributed by atoms with Gasteiger partial charge in [0.25, 0.3) is 0 Å². The minimum atomic E-state index is 0.580. The van der Waals surface area contributed by atoms with Crippen molar-refractivity contribution in [1.82, 2.24) is 10.2 Å². The second kappa shape index (κ2) is 7.70. The molecule has 0 aliphatic rings. The summed E-state index contributed by atoms with van der Waals surface area (Å²) in [6.45, 7) is 7.54. The van der Waals surface area contributed by atoms with Crippen LogP contribution in [0, 0.1) is 0 Å². The minimum Gasteiger partial charge on any atom is -0.314 e. The first-order chi connectivity index (χ1) is 8.08. The average Bonchev–Trinajstić information content (AvgIpc) is 2.27. The standard InChI is InChI=1S/C14H23ClN2/c1-12(2)16-9-4-10-17(3)11-13-5-7-14(15)8-6-13/h5-8,12,16H,4,9-11H2,1-3H3. The summed E-state index contributed by atoms with van der Waals surface area (Å²) in [7, 11) is 2.16. The summed E-state index contributed by atoms with van der Waals surface area (Å²) < 4.78 is 0. The molecule has 0 aromatic heterocycles. The van der Waals surface area contributed by atoms with Crippen molar-refractivity contribution in [2.45, 2.75) is 32.9 Å². The van der Waals surface area contributed by atoms with E-state index in [4.69, 9.17) is 11.6 Å². The van der Waals surface area contributed by atoms with Gasteiger partial charge in [0.1, 0.15) is 0 Å². The predicted molar refractivity (Wildman–Crippen MR) is 75.5 cm³/mol. The molecule has 0 atom stereocenters. The highest BCUT2D eigenvalue weighted by molar-refractivity contribution is 6.30. The van der Waals surface area contributed by atoms with E-state index < -0.39 is 0 Å². The van der Waals surface area contributed by atoms with Crippen molar-refractivity contribution in [2.24, 2.45) is 0 Å². The molecule has 1 N–H and O–H groups in total. The molecule has 0 aliphatic carbocycles. The van der Waals surface area contributed by atoms with E-state index in [-0.39, 0.29) is 0 Å². The van der Waals surface area contributed by atoms with Crippen LogP contribution in [0.2, 0.25) is 5.02 Å². The largest absolute Gasteiger partial charge is 0.314 e. The van der Waals surface area contributed by atoms with Crippen LogP contribution in [-0.4, -0.2) is 31.1 Å². The lowest BCUT2D eigenvalue weighted by Crippen LogP contribution is -2.27. The van der Waals surface area contributed by atoms with Crippen LogP contribution in [0.5, 0.6) is 0 Å². The lowest BCUT2D eigenvalue weighted by atomic mass is 10.2. The highest BCUT2D eigenvalue weighted by Crippen LogP contribution is 2.10. The molecule has 0 amide bonds. The van der Waals surface area contributed by atoms with E-state index >= 15 is 0 Å². The second-order valence-electron chi connectivity index (χ2n) is 4.83. The fraction of sp³-hybridized carbons (Fsp3) is 0.571. The second-order valence-corrected chi connectivity index (χ2v) is 5.26. The van der Waals surface area contributed by atoms with Crippen molar-refractivity contribution in [1.29, 1.82) is 0 Å². The molecule has 96 valence electrons. The lowest BCUT2D eigenvalue weighted by molar-refractivity contribution is 0.318. The Bertz CT molecular complexity index is 309. The van der Waals surface area contributed by atoms with Gasteiger partial charge in [-0.05, 0) is 44.3 Å². The van der Waals surface area contributed by atoms with E-state index in [0.29, 0.717) is 6.04 Å². The summed E-state index contributed by atoms with van der Waals surface area (Å²) in [4.78, 5) is 2.34. The fourth-order valence-electron chi connectivity index (χ4n) is 1.72. The molecule has 0 saturated heterocycles. The molecule has 0 unspecified atom stereocenters. The van der Waals surface area contributed by atoms with Crippen LogP contribution in [0.25, 0.3) is 0 Å². The number of nitrogens with one attached hydrogen (secondary N) is 1. The molecule has 0 spiro atoms. The number of hydrogen-bond donors (Lipinski definition) is 1. The zero-order chi connectivity index (χ0) is 12.7. The van der Waals surface area contributed by atoms with Crippen molar-refractivity contribution in [2.75, 3.05) is 20.1 Å². The molecule has 0 saturated carbocycles. The molecule has 0 aliphatic heterocycles. The number of halogens is 1. The monoisotopic (exact) mass is 254 g/mol. The van der Waals surface area contributed by atoms with Gasteiger partial charge in [0.15, 0.2) is 0 Å². The number of hydrogen-bond acceptors (Lipinski definition) is 2. The summed E-state index contributed by atoms with van der Waals surface area (Å²) in [6.07, 6.45) is 1.18. The average molecular weight is 255 g/mol. The van der Waals surface area contributed by atoms with Crippen LogP contribution in [0.1, 0.15) is 25.8 Å². The third kappa shape index (κ3) is 6.67. The molecule has 1 aromatic rings. The molecule has 0 heterocycles. The van der Waals surface area contributed by atoms with Gasteiger partial charge in [0.2, 0.25) is 0 Å². The first-order valence-electron chi connectivity index (χ1n) is 6.24. The van der Waals surface area contributed by atoms with Gasteiger partial charge in [0, 0.05) is 17.6 Å². The number of rotatable bonds is 7. The number of nitrogens with zero attached hydrogens (tertiary/aromatic N) is 1. The van der Waals surface area contributed by atoms with E-state index in [1.54, 1.807) is 0 Å². The molecule has 1 aromatic carbocycles. The Morgan fingerprint density at radius 3 is 2.47 bits per heavy atom. The number of benzene rings is 1. The van der Waals surface area contributed by atoms with Gasteiger partial charge in [-0.1, -0.05) is 37.6 Å². The summed E-state index contributed by atoms with van der Waals surface area (Å²) >= 11 is 5.86. The molecule has 3 heteroatoms. The van der Waals surface area contributed by atoms with E-state index in [2.05, 4.69) is 43.2 Å². The van der Waals surface area contributed by atoms with Crippen LogP contribution in [0.15, 0.2) is 24.3 Å². The van der Waals surface area contributed by atoms with E-state index in [9.17, 15) is 0 Å².